The van der Waals surface area contributed by atoms with Crippen LogP contribution in [0.4, 0.5) is 0 Å². The summed E-state index contributed by atoms with van der Waals surface area (Å²) in [6.07, 6.45) is 3.90. The van der Waals surface area contributed by atoms with Gasteiger partial charge in [-0.2, -0.15) is 0 Å². The Balaban J connectivity index is 1.86. The topological polar surface area (TPSA) is 30.3 Å². The van der Waals surface area contributed by atoms with E-state index in [0.29, 0.717) is 6.04 Å². The summed E-state index contributed by atoms with van der Waals surface area (Å²) in [5.41, 5.74) is 0. The highest BCUT2D eigenvalue weighted by Gasteiger charge is 2.21. The second-order valence-corrected chi connectivity index (χ2v) is 4.73. The van der Waals surface area contributed by atoms with Crippen LogP contribution in [0.2, 0.25) is 0 Å². The maximum Gasteiger partial charge on any atom is 0.105 e. The van der Waals surface area contributed by atoms with E-state index in [9.17, 15) is 0 Å². The van der Waals surface area contributed by atoms with Gasteiger partial charge in [0.15, 0.2) is 0 Å². The van der Waals surface area contributed by atoms with E-state index in [1.165, 1.54) is 0 Å². The third-order valence-corrected chi connectivity index (χ3v) is 3.83. The van der Waals surface area contributed by atoms with Crippen molar-refractivity contribution < 1.29 is 4.74 Å². The molecule has 0 spiro atoms. The number of aryl methyl sites for hydroxylation is 1. The van der Waals surface area contributed by atoms with Crippen LogP contribution in [0.1, 0.15) is 5.82 Å². The van der Waals surface area contributed by atoms with Gasteiger partial charge >= 0.3 is 0 Å². The standard InChI is InChI=1S/C11H18BrN3O/c1-10-13-2-3-14(10)4-5-15-6-7-16-9-11(15)8-12/h2-3,11H,4-9H2,1H3. The lowest BCUT2D eigenvalue weighted by Crippen LogP contribution is -2.47. The number of ether oxygens (including phenoxy) is 1. The molecule has 5 heteroatoms. The van der Waals surface area contributed by atoms with E-state index in [0.717, 1.165) is 44.0 Å². The van der Waals surface area contributed by atoms with Gasteiger partial charge < -0.3 is 9.30 Å². The summed E-state index contributed by atoms with van der Waals surface area (Å²) in [4.78, 5) is 6.71. The fourth-order valence-electron chi connectivity index (χ4n) is 2.00. The lowest BCUT2D eigenvalue weighted by atomic mass is 10.2. The largest absolute Gasteiger partial charge is 0.378 e. The Bertz CT molecular complexity index is 329. The van der Waals surface area contributed by atoms with Crippen molar-refractivity contribution in [3.63, 3.8) is 0 Å². The minimum Gasteiger partial charge on any atom is -0.378 e. The quantitative estimate of drug-likeness (QED) is 0.782. The number of hydrogen-bond acceptors (Lipinski definition) is 3. The van der Waals surface area contributed by atoms with E-state index in [1.807, 2.05) is 19.3 Å². The van der Waals surface area contributed by atoms with Crippen LogP contribution in [-0.2, 0) is 11.3 Å². The summed E-state index contributed by atoms with van der Waals surface area (Å²) >= 11 is 3.54. The number of imidazole rings is 1. The van der Waals surface area contributed by atoms with Crippen molar-refractivity contribution in [1.29, 1.82) is 0 Å². The predicted octanol–water partition coefficient (Wildman–Crippen LogP) is 1.29. The minimum atomic E-state index is 0.512. The van der Waals surface area contributed by atoms with Gasteiger partial charge in [-0.05, 0) is 6.92 Å². The van der Waals surface area contributed by atoms with Gasteiger partial charge in [0.05, 0.1) is 13.2 Å². The van der Waals surface area contributed by atoms with Crippen molar-refractivity contribution in [1.82, 2.24) is 14.5 Å². The molecule has 1 aromatic heterocycles. The zero-order valence-electron chi connectivity index (χ0n) is 9.60. The average molecular weight is 288 g/mol. The first-order chi connectivity index (χ1) is 7.81. The SMILES string of the molecule is Cc1nccn1CCN1CCOCC1CBr. The molecule has 0 N–H and O–H groups in total. The highest BCUT2D eigenvalue weighted by molar-refractivity contribution is 9.09. The van der Waals surface area contributed by atoms with Gasteiger partial charge in [-0.1, -0.05) is 15.9 Å². The highest BCUT2D eigenvalue weighted by Crippen LogP contribution is 2.09. The van der Waals surface area contributed by atoms with Crippen molar-refractivity contribution in [3.05, 3.63) is 18.2 Å². The molecule has 0 saturated carbocycles. The molecule has 1 aromatic rings. The molecule has 2 rings (SSSR count). The molecule has 1 fully saturated rings. The molecular formula is C11H18BrN3O. The Kier molecular flexibility index (Phi) is 4.37. The van der Waals surface area contributed by atoms with E-state index in [-0.39, 0.29) is 0 Å². The fourth-order valence-corrected chi connectivity index (χ4v) is 2.60. The van der Waals surface area contributed by atoms with E-state index < -0.39 is 0 Å². The van der Waals surface area contributed by atoms with Crippen LogP contribution in [0.5, 0.6) is 0 Å². The molecule has 0 aliphatic carbocycles. The molecule has 4 nitrogen and oxygen atoms in total. The molecule has 1 saturated heterocycles. The summed E-state index contributed by atoms with van der Waals surface area (Å²) in [7, 11) is 0. The first-order valence-electron chi connectivity index (χ1n) is 5.66. The summed E-state index contributed by atoms with van der Waals surface area (Å²) in [5.74, 6) is 1.09. The smallest absolute Gasteiger partial charge is 0.105 e. The zero-order valence-corrected chi connectivity index (χ0v) is 11.2. The van der Waals surface area contributed by atoms with Crippen molar-refractivity contribution in [3.8, 4) is 0 Å². The molecule has 0 radical (unpaired) electrons. The molecule has 90 valence electrons. The van der Waals surface area contributed by atoms with Crippen LogP contribution in [-0.4, -0.2) is 52.1 Å². The van der Waals surface area contributed by atoms with Crippen LogP contribution < -0.4 is 0 Å². The van der Waals surface area contributed by atoms with Crippen molar-refractivity contribution in [2.24, 2.45) is 0 Å². The second-order valence-electron chi connectivity index (χ2n) is 4.09. The first-order valence-corrected chi connectivity index (χ1v) is 6.79. The van der Waals surface area contributed by atoms with Crippen molar-refractivity contribution >= 4 is 15.9 Å². The third-order valence-electron chi connectivity index (χ3n) is 3.08. The van der Waals surface area contributed by atoms with Crippen LogP contribution in [0, 0.1) is 6.92 Å². The molecule has 2 heterocycles. The number of morpholine rings is 1. The Morgan fingerprint density at radius 1 is 1.56 bits per heavy atom. The van der Waals surface area contributed by atoms with Gasteiger partial charge in [0.25, 0.3) is 0 Å². The van der Waals surface area contributed by atoms with E-state index >= 15 is 0 Å². The number of hydrogen-bond donors (Lipinski definition) is 0. The molecule has 1 atom stereocenters. The third kappa shape index (κ3) is 2.84. The summed E-state index contributed by atoms with van der Waals surface area (Å²) in [6.45, 7) is 6.85. The van der Waals surface area contributed by atoms with Gasteiger partial charge in [0.2, 0.25) is 0 Å². The van der Waals surface area contributed by atoms with Crippen molar-refractivity contribution in [2.75, 3.05) is 31.6 Å². The van der Waals surface area contributed by atoms with Crippen LogP contribution in [0.25, 0.3) is 0 Å². The van der Waals surface area contributed by atoms with Gasteiger partial charge in [0, 0.05) is 43.4 Å². The van der Waals surface area contributed by atoms with Gasteiger partial charge in [-0.15, -0.1) is 0 Å². The number of halogens is 1. The predicted molar refractivity (Wildman–Crippen MR) is 66.9 cm³/mol. The molecule has 1 unspecified atom stereocenters. The number of nitrogens with zero attached hydrogens (tertiary/aromatic N) is 3. The monoisotopic (exact) mass is 287 g/mol. The number of aromatic nitrogens is 2. The molecule has 1 aliphatic heterocycles. The maximum absolute atomic E-state index is 5.47. The highest BCUT2D eigenvalue weighted by atomic mass is 79.9. The molecule has 16 heavy (non-hydrogen) atoms. The average Bonchev–Trinajstić information content (AvgIpc) is 2.72. The maximum atomic E-state index is 5.47. The summed E-state index contributed by atoms with van der Waals surface area (Å²) in [6, 6.07) is 0.512. The van der Waals surface area contributed by atoms with Gasteiger partial charge in [-0.25, -0.2) is 4.98 Å². The van der Waals surface area contributed by atoms with E-state index in [2.05, 4.69) is 30.4 Å². The van der Waals surface area contributed by atoms with Gasteiger partial charge in [-0.3, -0.25) is 4.90 Å². The summed E-state index contributed by atoms with van der Waals surface area (Å²) in [5, 5.41) is 0.982. The first kappa shape index (κ1) is 12.1. The molecule has 0 bridgehead atoms. The van der Waals surface area contributed by atoms with Crippen LogP contribution in [0.15, 0.2) is 12.4 Å². The zero-order chi connectivity index (χ0) is 11.4. The molecule has 0 amide bonds. The van der Waals surface area contributed by atoms with Crippen molar-refractivity contribution in [2.45, 2.75) is 19.5 Å². The summed E-state index contributed by atoms with van der Waals surface area (Å²) < 4.78 is 7.67. The number of rotatable bonds is 4. The number of alkyl halides is 1. The Hall–Kier alpha value is -0.390. The van der Waals surface area contributed by atoms with E-state index in [4.69, 9.17) is 4.74 Å². The Morgan fingerprint density at radius 2 is 2.44 bits per heavy atom. The van der Waals surface area contributed by atoms with Crippen LogP contribution >= 0.6 is 15.9 Å². The normalized spacial score (nSPS) is 22.5. The van der Waals surface area contributed by atoms with E-state index in [1.54, 1.807) is 0 Å². The molecular weight excluding hydrogens is 270 g/mol. The molecule has 1 aliphatic rings. The minimum absolute atomic E-state index is 0.512. The lowest BCUT2D eigenvalue weighted by molar-refractivity contribution is 0.000514. The lowest BCUT2D eigenvalue weighted by Gasteiger charge is -2.34. The second kappa shape index (κ2) is 5.80. The Labute approximate surface area is 105 Å². The molecule has 0 aromatic carbocycles. The van der Waals surface area contributed by atoms with Gasteiger partial charge in [0.1, 0.15) is 5.82 Å². The Morgan fingerprint density at radius 3 is 3.12 bits per heavy atom. The fraction of sp³-hybridized carbons (Fsp3) is 0.727. The van der Waals surface area contributed by atoms with Crippen LogP contribution in [0.3, 0.4) is 0 Å².